The average Bonchev–Trinajstić information content (AvgIpc) is 1.94. The third kappa shape index (κ3) is 1.94. The Morgan fingerprint density at radius 3 is 2.90 bits per heavy atom. The number of rotatable bonds is 2. The number of aliphatic hydroxyl groups excluding tert-OH is 2. The average molecular weight is 145 g/mol. The van der Waals surface area contributed by atoms with Gasteiger partial charge in [0.15, 0.2) is 0 Å². The Labute approximate surface area is 61.1 Å². The zero-order chi connectivity index (χ0) is 7.40. The van der Waals surface area contributed by atoms with Crippen molar-refractivity contribution in [1.29, 1.82) is 0 Å². The van der Waals surface area contributed by atoms with Crippen molar-refractivity contribution in [2.75, 3.05) is 19.7 Å². The molecule has 2 atom stereocenters. The van der Waals surface area contributed by atoms with Crippen LogP contribution in [-0.4, -0.2) is 36.0 Å². The van der Waals surface area contributed by atoms with Crippen LogP contribution in [0, 0.1) is 5.92 Å². The SMILES string of the molecule is OCCC1CCNCC1O. The van der Waals surface area contributed by atoms with E-state index in [0.717, 1.165) is 19.4 Å². The molecule has 0 bridgehead atoms. The van der Waals surface area contributed by atoms with Gasteiger partial charge in [-0.1, -0.05) is 0 Å². The third-order valence-corrected chi connectivity index (χ3v) is 2.09. The monoisotopic (exact) mass is 145 g/mol. The number of hydrogen-bond acceptors (Lipinski definition) is 3. The van der Waals surface area contributed by atoms with E-state index in [-0.39, 0.29) is 12.7 Å². The van der Waals surface area contributed by atoms with Gasteiger partial charge in [0, 0.05) is 13.2 Å². The Hall–Kier alpha value is -0.120. The summed E-state index contributed by atoms with van der Waals surface area (Å²) in [6, 6.07) is 0. The molecule has 1 saturated heterocycles. The highest BCUT2D eigenvalue weighted by Crippen LogP contribution is 2.15. The lowest BCUT2D eigenvalue weighted by Crippen LogP contribution is -2.40. The van der Waals surface area contributed by atoms with E-state index in [4.69, 9.17) is 5.11 Å². The fraction of sp³-hybridized carbons (Fsp3) is 1.00. The summed E-state index contributed by atoms with van der Waals surface area (Å²) < 4.78 is 0. The van der Waals surface area contributed by atoms with Crippen molar-refractivity contribution in [2.24, 2.45) is 5.92 Å². The number of aliphatic hydroxyl groups is 2. The first-order chi connectivity index (χ1) is 4.84. The molecule has 1 aliphatic rings. The largest absolute Gasteiger partial charge is 0.396 e. The van der Waals surface area contributed by atoms with Crippen molar-refractivity contribution in [2.45, 2.75) is 18.9 Å². The minimum atomic E-state index is -0.249. The Morgan fingerprint density at radius 1 is 1.50 bits per heavy atom. The van der Waals surface area contributed by atoms with E-state index in [1.807, 2.05) is 0 Å². The van der Waals surface area contributed by atoms with E-state index in [2.05, 4.69) is 5.32 Å². The highest BCUT2D eigenvalue weighted by atomic mass is 16.3. The van der Waals surface area contributed by atoms with Crippen molar-refractivity contribution in [3.63, 3.8) is 0 Å². The Kier molecular flexibility index (Phi) is 3.12. The smallest absolute Gasteiger partial charge is 0.0694 e. The van der Waals surface area contributed by atoms with Crippen LogP contribution < -0.4 is 5.32 Å². The van der Waals surface area contributed by atoms with Gasteiger partial charge in [0.2, 0.25) is 0 Å². The predicted octanol–water partition coefficient (Wildman–Crippen LogP) is -0.661. The summed E-state index contributed by atoms with van der Waals surface area (Å²) >= 11 is 0. The second-order valence-corrected chi connectivity index (χ2v) is 2.83. The van der Waals surface area contributed by atoms with Gasteiger partial charge in [-0.25, -0.2) is 0 Å². The van der Waals surface area contributed by atoms with Crippen LogP contribution in [0.5, 0.6) is 0 Å². The van der Waals surface area contributed by atoms with Gasteiger partial charge in [-0.2, -0.15) is 0 Å². The standard InChI is InChI=1S/C7H15NO2/c9-4-2-6-1-3-8-5-7(6)10/h6-10H,1-5H2. The van der Waals surface area contributed by atoms with Crippen molar-refractivity contribution in [3.05, 3.63) is 0 Å². The van der Waals surface area contributed by atoms with Crippen molar-refractivity contribution in [3.8, 4) is 0 Å². The summed E-state index contributed by atoms with van der Waals surface area (Å²) in [6.07, 6.45) is 1.48. The highest BCUT2D eigenvalue weighted by molar-refractivity contribution is 4.76. The number of β-amino-alcohol motifs (C(OH)–C–C–N with tert-alkyl or cyclic N) is 1. The molecule has 3 N–H and O–H groups in total. The van der Waals surface area contributed by atoms with E-state index in [1.54, 1.807) is 0 Å². The van der Waals surface area contributed by atoms with Gasteiger partial charge in [-0.15, -0.1) is 0 Å². The van der Waals surface area contributed by atoms with Gasteiger partial charge in [0.25, 0.3) is 0 Å². The maximum atomic E-state index is 9.33. The van der Waals surface area contributed by atoms with E-state index >= 15 is 0 Å². The number of piperidine rings is 1. The van der Waals surface area contributed by atoms with Crippen molar-refractivity contribution >= 4 is 0 Å². The van der Waals surface area contributed by atoms with Gasteiger partial charge in [-0.05, 0) is 25.3 Å². The minimum Gasteiger partial charge on any atom is -0.396 e. The lowest BCUT2D eigenvalue weighted by Gasteiger charge is -2.27. The van der Waals surface area contributed by atoms with Gasteiger partial charge in [0.05, 0.1) is 6.10 Å². The maximum absolute atomic E-state index is 9.33. The first kappa shape index (κ1) is 7.98. The van der Waals surface area contributed by atoms with E-state index < -0.39 is 0 Å². The van der Waals surface area contributed by atoms with E-state index in [0.29, 0.717) is 12.5 Å². The molecular formula is C7H15NO2. The normalized spacial score (nSPS) is 34.2. The van der Waals surface area contributed by atoms with Crippen LogP contribution in [0.4, 0.5) is 0 Å². The number of nitrogens with one attached hydrogen (secondary N) is 1. The van der Waals surface area contributed by atoms with Gasteiger partial charge in [0.1, 0.15) is 0 Å². The molecule has 60 valence electrons. The first-order valence-corrected chi connectivity index (χ1v) is 3.84. The molecule has 3 nitrogen and oxygen atoms in total. The Balaban J connectivity index is 2.25. The molecule has 0 saturated carbocycles. The molecule has 0 amide bonds. The van der Waals surface area contributed by atoms with Crippen molar-refractivity contribution in [1.82, 2.24) is 5.32 Å². The van der Waals surface area contributed by atoms with Crippen LogP contribution in [0.25, 0.3) is 0 Å². The topological polar surface area (TPSA) is 52.5 Å². The fourth-order valence-electron chi connectivity index (χ4n) is 1.40. The van der Waals surface area contributed by atoms with Crippen LogP contribution >= 0.6 is 0 Å². The predicted molar refractivity (Wildman–Crippen MR) is 38.7 cm³/mol. The quantitative estimate of drug-likeness (QED) is 0.483. The van der Waals surface area contributed by atoms with Crippen LogP contribution in [0.3, 0.4) is 0 Å². The summed E-state index contributed by atoms with van der Waals surface area (Å²) in [6.45, 7) is 1.86. The molecule has 2 unspecified atom stereocenters. The van der Waals surface area contributed by atoms with Crippen molar-refractivity contribution < 1.29 is 10.2 Å². The zero-order valence-electron chi connectivity index (χ0n) is 6.08. The zero-order valence-corrected chi connectivity index (χ0v) is 6.08. The molecule has 10 heavy (non-hydrogen) atoms. The number of hydrogen-bond donors (Lipinski definition) is 3. The van der Waals surface area contributed by atoms with E-state index in [1.165, 1.54) is 0 Å². The summed E-state index contributed by atoms with van der Waals surface area (Å²) in [5.74, 6) is 0.311. The highest BCUT2D eigenvalue weighted by Gasteiger charge is 2.21. The molecule has 1 rings (SSSR count). The molecule has 0 aliphatic carbocycles. The molecule has 0 spiro atoms. The second-order valence-electron chi connectivity index (χ2n) is 2.83. The summed E-state index contributed by atoms with van der Waals surface area (Å²) in [4.78, 5) is 0. The molecule has 3 heteroatoms. The van der Waals surface area contributed by atoms with Crippen LogP contribution in [0.2, 0.25) is 0 Å². The van der Waals surface area contributed by atoms with E-state index in [9.17, 15) is 5.11 Å². The van der Waals surface area contributed by atoms with Gasteiger partial charge >= 0.3 is 0 Å². The first-order valence-electron chi connectivity index (χ1n) is 3.84. The lowest BCUT2D eigenvalue weighted by molar-refractivity contribution is 0.0661. The summed E-state index contributed by atoms with van der Waals surface area (Å²) in [5, 5.41) is 21.0. The molecule has 0 radical (unpaired) electrons. The molecule has 0 aromatic rings. The third-order valence-electron chi connectivity index (χ3n) is 2.09. The van der Waals surface area contributed by atoms with Crippen LogP contribution in [-0.2, 0) is 0 Å². The van der Waals surface area contributed by atoms with Gasteiger partial charge in [-0.3, -0.25) is 0 Å². The second kappa shape index (κ2) is 3.91. The van der Waals surface area contributed by atoms with Crippen LogP contribution in [0.1, 0.15) is 12.8 Å². The van der Waals surface area contributed by atoms with Gasteiger partial charge < -0.3 is 15.5 Å². The lowest BCUT2D eigenvalue weighted by atomic mass is 9.92. The summed E-state index contributed by atoms with van der Waals surface area (Å²) in [5.41, 5.74) is 0. The fourth-order valence-corrected chi connectivity index (χ4v) is 1.40. The Bertz CT molecular complexity index is 95.6. The summed E-state index contributed by atoms with van der Waals surface area (Å²) in [7, 11) is 0. The molecular weight excluding hydrogens is 130 g/mol. The van der Waals surface area contributed by atoms with Crippen LogP contribution in [0.15, 0.2) is 0 Å². The molecule has 0 aromatic heterocycles. The molecule has 1 fully saturated rings. The molecule has 1 heterocycles. The minimum absolute atomic E-state index is 0.196. The Morgan fingerprint density at radius 2 is 2.30 bits per heavy atom. The maximum Gasteiger partial charge on any atom is 0.0694 e. The molecule has 1 aliphatic heterocycles. The molecule has 0 aromatic carbocycles.